The number of carbonyl (C=O) groups is 1. The Labute approximate surface area is 260 Å². The molecule has 0 radical (unpaired) electrons. The second kappa shape index (κ2) is 13.8. The molecule has 8 nitrogen and oxygen atoms in total. The summed E-state index contributed by atoms with van der Waals surface area (Å²) < 4.78 is 63.3. The number of hydrogen-bond donors (Lipinski definition) is 1. The van der Waals surface area contributed by atoms with Gasteiger partial charge in [-0.15, -0.1) is 0 Å². The highest BCUT2D eigenvalue weighted by molar-refractivity contribution is 6.36. The summed E-state index contributed by atoms with van der Waals surface area (Å²) in [5, 5.41) is 11.0. The van der Waals surface area contributed by atoms with Crippen LogP contribution in [-0.2, 0) is 36.3 Å². The number of esters is 1. The van der Waals surface area contributed by atoms with Crippen molar-refractivity contribution >= 4 is 17.3 Å². The van der Waals surface area contributed by atoms with Crippen LogP contribution in [0.5, 0.6) is 0 Å². The standard InChI is InChI=1S/C34H38F3N2O6/c1-3-43-32(40)30-29(25-9-5-4-6-10-25)27-12-14-33(23-28(27)31(30)38-2,45-21-17-39(41)15-19-42-20-16-39)44-18-13-24-8-7-11-26(22-24)34(35,36)37/h4-12,14,22,41H,3,13,15-21,23H2,1-2H3/q+1/b38-31+. The Bertz CT molecular complexity index is 1510. The third-order valence-electron chi connectivity index (χ3n) is 8.21. The summed E-state index contributed by atoms with van der Waals surface area (Å²) in [4.78, 5) is 17.8. The van der Waals surface area contributed by atoms with E-state index in [1.54, 1.807) is 26.1 Å². The van der Waals surface area contributed by atoms with Crippen molar-refractivity contribution in [2.45, 2.75) is 31.7 Å². The molecule has 3 aliphatic rings. The molecular weight excluding hydrogens is 589 g/mol. The molecular formula is C34H38F3N2O6+. The monoisotopic (exact) mass is 627 g/mol. The van der Waals surface area contributed by atoms with Crippen LogP contribution in [0.1, 0.15) is 30.0 Å². The van der Waals surface area contributed by atoms with Crippen molar-refractivity contribution in [2.24, 2.45) is 4.99 Å². The predicted octanol–water partition coefficient (Wildman–Crippen LogP) is 5.57. The van der Waals surface area contributed by atoms with Crippen LogP contribution in [0.25, 0.3) is 5.57 Å². The maximum absolute atomic E-state index is 13.3. The molecule has 1 aliphatic heterocycles. The second-order valence-electron chi connectivity index (χ2n) is 11.1. The zero-order valence-corrected chi connectivity index (χ0v) is 25.4. The number of morpholine rings is 1. The van der Waals surface area contributed by atoms with Crippen LogP contribution < -0.4 is 0 Å². The van der Waals surface area contributed by atoms with Crippen molar-refractivity contribution in [1.82, 2.24) is 0 Å². The van der Waals surface area contributed by atoms with Gasteiger partial charge in [-0.2, -0.15) is 17.8 Å². The summed E-state index contributed by atoms with van der Waals surface area (Å²) in [5.74, 6) is -1.82. The Morgan fingerprint density at radius 1 is 1.07 bits per heavy atom. The van der Waals surface area contributed by atoms with E-state index in [1.165, 1.54) is 6.07 Å². The van der Waals surface area contributed by atoms with Gasteiger partial charge in [-0.05, 0) is 47.8 Å². The van der Waals surface area contributed by atoms with Gasteiger partial charge in [-0.3, -0.25) is 4.99 Å². The molecule has 240 valence electrons. The first-order chi connectivity index (χ1) is 21.6. The Morgan fingerprint density at radius 3 is 2.49 bits per heavy atom. The van der Waals surface area contributed by atoms with E-state index in [-0.39, 0.29) is 43.9 Å². The molecule has 1 unspecified atom stereocenters. The molecule has 0 aromatic heterocycles. The molecule has 45 heavy (non-hydrogen) atoms. The van der Waals surface area contributed by atoms with Gasteiger partial charge in [0, 0.05) is 19.0 Å². The third-order valence-corrected chi connectivity index (χ3v) is 8.21. The summed E-state index contributed by atoms with van der Waals surface area (Å²) in [6.07, 6.45) is -0.425. The van der Waals surface area contributed by atoms with Crippen LogP contribution in [0, 0.1) is 0 Å². The maximum atomic E-state index is 13.3. The van der Waals surface area contributed by atoms with E-state index in [2.05, 4.69) is 4.99 Å². The summed E-state index contributed by atoms with van der Waals surface area (Å²) in [7, 11) is 1.61. The lowest BCUT2D eigenvalue weighted by Crippen LogP contribution is -2.54. The molecule has 1 N–H and O–H groups in total. The lowest BCUT2D eigenvalue weighted by Gasteiger charge is -2.37. The van der Waals surface area contributed by atoms with E-state index in [4.69, 9.17) is 18.9 Å². The number of benzene rings is 2. The Hall–Kier alpha value is -3.61. The molecule has 0 bridgehead atoms. The van der Waals surface area contributed by atoms with Gasteiger partial charge in [0.1, 0.15) is 26.2 Å². The molecule has 1 saturated heterocycles. The molecule has 2 aromatic rings. The fraction of sp³-hybridized carbons (Fsp3) is 0.412. The Kier molecular flexibility index (Phi) is 10.0. The smallest absolute Gasteiger partial charge is 0.416 e. The number of halogens is 3. The first-order valence-corrected chi connectivity index (χ1v) is 15.1. The number of quaternary nitrogens is 1. The van der Waals surface area contributed by atoms with Gasteiger partial charge >= 0.3 is 12.1 Å². The SMILES string of the molecule is CCOC(=O)C1=C(c2ccccc2)C2=C(CC(OCCc3cccc(C(F)(F)F)c3)(OCC[N+]3(O)CCOCC3)C=C2)/C1=N\C. The van der Waals surface area contributed by atoms with Crippen molar-refractivity contribution in [3.8, 4) is 0 Å². The molecule has 0 spiro atoms. The first kappa shape index (κ1) is 32.8. The second-order valence-corrected chi connectivity index (χ2v) is 11.1. The summed E-state index contributed by atoms with van der Waals surface area (Å²) in [6, 6.07) is 14.7. The average molecular weight is 628 g/mol. The van der Waals surface area contributed by atoms with Crippen LogP contribution in [0.3, 0.4) is 0 Å². The molecule has 11 heteroatoms. The third kappa shape index (κ3) is 7.45. The number of hydrogen-bond acceptors (Lipinski definition) is 7. The van der Waals surface area contributed by atoms with Gasteiger partial charge < -0.3 is 18.9 Å². The van der Waals surface area contributed by atoms with E-state index in [0.717, 1.165) is 28.8 Å². The molecule has 2 aromatic carbocycles. The van der Waals surface area contributed by atoms with E-state index < -0.39 is 23.5 Å². The van der Waals surface area contributed by atoms with E-state index in [9.17, 15) is 23.2 Å². The number of aliphatic imine (C=N–C) groups is 1. The van der Waals surface area contributed by atoms with Crippen molar-refractivity contribution < 1.29 is 46.8 Å². The zero-order valence-electron chi connectivity index (χ0n) is 25.4. The molecule has 1 atom stereocenters. The van der Waals surface area contributed by atoms with Gasteiger partial charge in [0.2, 0.25) is 0 Å². The number of ether oxygens (including phenoxy) is 4. The number of allylic oxidation sites excluding steroid dienone is 3. The minimum Gasteiger partial charge on any atom is -0.462 e. The average Bonchev–Trinajstić information content (AvgIpc) is 3.35. The largest absolute Gasteiger partial charge is 0.462 e. The van der Waals surface area contributed by atoms with Crippen molar-refractivity contribution in [1.29, 1.82) is 0 Å². The predicted molar refractivity (Wildman–Crippen MR) is 161 cm³/mol. The van der Waals surface area contributed by atoms with E-state index >= 15 is 0 Å². The maximum Gasteiger partial charge on any atom is 0.416 e. The highest BCUT2D eigenvalue weighted by Gasteiger charge is 2.43. The number of nitrogens with zero attached hydrogens (tertiary/aromatic N) is 2. The van der Waals surface area contributed by atoms with E-state index in [1.807, 2.05) is 36.4 Å². The van der Waals surface area contributed by atoms with Gasteiger partial charge in [-0.25, -0.2) is 10.0 Å². The molecule has 5 rings (SSSR count). The number of alkyl halides is 3. The van der Waals surface area contributed by atoms with Crippen LogP contribution in [0.4, 0.5) is 13.2 Å². The van der Waals surface area contributed by atoms with Gasteiger partial charge in [-0.1, -0.05) is 54.6 Å². The number of rotatable bonds is 11. The zero-order chi connectivity index (χ0) is 32.1. The summed E-state index contributed by atoms with van der Waals surface area (Å²) in [6.45, 7) is 4.15. The molecule has 0 saturated carbocycles. The summed E-state index contributed by atoms with van der Waals surface area (Å²) in [5.41, 5.74) is 3.64. The van der Waals surface area contributed by atoms with Gasteiger partial charge in [0.05, 0.1) is 43.3 Å². The Balaban J connectivity index is 1.43. The van der Waals surface area contributed by atoms with E-state index in [0.29, 0.717) is 48.7 Å². The number of carbonyl (C=O) groups excluding carboxylic acids is 1. The topological polar surface area (TPSA) is 86.6 Å². The molecule has 1 heterocycles. The number of hydroxylamine groups is 3. The van der Waals surface area contributed by atoms with Gasteiger partial charge in [0.15, 0.2) is 5.79 Å². The van der Waals surface area contributed by atoms with Crippen LogP contribution >= 0.6 is 0 Å². The molecule has 2 aliphatic carbocycles. The highest BCUT2D eigenvalue weighted by atomic mass is 19.4. The van der Waals surface area contributed by atoms with Gasteiger partial charge in [0.25, 0.3) is 0 Å². The fourth-order valence-corrected chi connectivity index (χ4v) is 5.89. The fourth-order valence-electron chi connectivity index (χ4n) is 5.89. The highest BCUT2D eigenvalue weighted by Crippen LogP contribution is 2.45. The van der Waals surface area contributed by atoms with Crippen LogP contribution in [-0.4, -0.2) is 87.0 Å². The normalized spacial score (nSPS) is 22.2. The lowest BCUT2D eigenvalue weighted by molar-refractivity contribution is -1.11. The van der Waals surface area contributed by atoms with Crippen molar-refractivity contribution in [3.05, 3.63) is 100 Å². The summed E-state index contributed by atoms with van der Waals surface area (Å²) >= 11 is 0. The quantitative estimate of drug-likeness (QED) is 0.199. The van der Waals surface area contributed by atoms with Crippen LogP contribution in [0.2, 0.25) is 0 Å². The molecule has 1 fully saturated rings. The minimum absolute atomic E-state index is 0.0591. The lowest BCUT2D eigenvalue weighted by atomic mass is 9.90. The van der Waals surface area contributed by atoms with Crippen LogP contribution in [0.15, 0.2) is 88.5 Å². The Morgan fingerprint density at radius 2 is 1.80 bits per heavy atom. The first-order valence-electron chi connectivity index (χ1n) is 15.1. The van der Waals surface area contributed by atoms with Crippen molar-refractivity contribution in [3.63, 3.8) is 0 Å². The minimum atomic E-state index is -4.45. The van der Waals surface area contributed by atoms with Crippen molar-refractivity contribution in [2.75, 3.05) is 59.7 Å². The molecule has 0 amide bonds.